The first-order valence-electron chi connectivity index (χ1n) is 6.03. The Morgan fingerprint density at radius 3 is 2.65 bits per heavy atom. The standard InChI is InChI=1S/C14H13BrClNO2S/c1-2-19-14(18)12(13-11(15)7-8-20-13)17-10-5-3-9(16)4-6-10/h3-8,12,17H,2H2,1H3. The fourth-order valence-corrected chi connectivity index (χ4v) is 3.45. The predicted octanol–water partition coefficient (Wildman–Crippen LogP) is 4.88. The van der Waals surface area contributed by atoms with Gasteiger partial charge in [-0.2, -0.15) is 0 Å². The van der Waals surface area contributed by atoms with Crippen molar-refractivity contribution in [2.45, 2.75) is 13.0 Å². The first kappa shape index (κ1) is 15.4. The Balaban J connectivity index is 2.25. The second kappa shape index (κ2) is 7.11. The molecule has 0 bridgehead atoms. The molecule has 2 rings (SSSR count). The lowest BCUT2D eigenvalue weighted by molar-refractivity contribution is -0.144. The lowest BCUT2D eigenvalue weighted by atomic mass is 10.2. The van der Waals surface area contributed by atoms with Gasteiger partial charge in [0.1, 0.15) is 0 Å². The van der Waals surface area contributed by atoms with Crippen molar-refractivity contribution in [1.29, 1.82) is 0 Å². The summed E-state index contributed by atoms with van der Waals surface area (Å²) >= 11 is 10.8. The second-order valence-corrected chi connectivity index (χ2v) is 6.21. The average Bonchev–Trinajstić information content (AvgIpc) is 2.84. The fourth-order valence-electron chi connectivity index (χ4n) is 1.68. The van der Waals surface area contributed by atoms with Crippen LogP contribution in [-0.4, -0.2) is 12.6 Å². The van der Waals surface area contributed by atoms with Gasteiger partial charge in [-0.25, -0.2) is 4.79 Å². The van der Waals surface area contributed by atoms with Gasteiger partial charge in [0.25, 0.3) is 0 Å². The van der Waals surface area contributed by atoms with E-state index >= 15 is 0 Å². The normalized spacial score (nSPS) is 11.9. The monoisotopic (exact) mass is 373 g/mol. The largest absolute Gasteiger partial charge is 0.464 e. The summed E-state index contributed by atoms with van der Waals surface area (Å²) in [6.07, 6.45) is 0. The predicted molar refractivity (Wildman–Crippen MR) is 86.5 cm³/mol. The zero-order valence-corrected chi connectivity index (χ0v) is 13.9. The smallest absolute Gasteiger partial charge is 0.334 e. The first-order valence-corrected chi connectivity index (χ1v) is 8.08. The van der Waals surface area contributed by atoms with Crippen molar-refractivity contribution in [3.05, 3.63) is 50.1 Å². The third kappa shape index (κ3) is 3.75. The lowest BCUT2D eigenvalue weighted by Crippen LogP contribution is -2.22. The molecule has 106 valence electrons. The molecule has 1 atom stereocenters. The second-order valence-electron chi connectivity index (χ2n) is 3.97. The van der Waals surface area contributed by atoms with Crippen LogP contribution in [0, 0.1) is 0 Å². The molecule has 6 heteroatoms. The number of esters is 1. The minimum Gasteiger partial charge on any atom is -0.464 e. The highest BCUT2D eigenvalue weighted by molar-refractivity contribution is 9.10. The highest BCUT2D eigenvalue weighted by atomic mass is 79.9. The van der Waals surface area contributed by atoms with Gasteiger partial charge in [-0.3, -0.25) is 0 Å². The van der Waals surface area contributed by atoms with Gasteiger partial charge in [-0.05, 0) is 58.6 Å². The van der Waals surface area contributed by atoms with Gasteiger partial charge in [0.05, 0.1) is 11.5 Å². The van der Waals surface area contributed by atoms with E-state index in [1.165, 1.54) is 11.3 Å². The molecule has 20 heavy (non-hydrogen) atoms. The van der Waals surface area contributed by atoms with E-state index < -0.39 is 6.04 Å². The number of carbonyl (C=O) groups excluding carboxylic acids is 1. The number of thiophene rings is 1. The number of halogens is 2. The molecule has 0 saturated carbocycles. The van der Waals surface area contributed by atoms with Crippen molar-refractivity contribution in [2.24, 2.45) is 0 Å². The van der Waals surface area contributed by atoms with Crippen LogP contribution in [0.2, 0.25) is 5.02 Å². The number of benzene rings is 1. The van der Waals surface area contributed by atoms with Crippen molar-refractivity contribution in [3.63, 3.8) is 0 Å². The molecule has 2 aromatic rings. The number of anilines is 1. The summed E-state index contributed by atoms with van der Waals surface area (Å²) in [6.45, 7) is 2.14. The number of ether oxygens (including phenoxy) is 1. The summed E-state index contributed by atoms with van der Waals surface area (Å²) in [5.74, 6) is -0.300. The number of rotatable bonds is 5. The molecule has 0 aliphatic carbocycles. The molecule has 0 fully saturated rings. The number of hydrogen-bond acceptors (Lipinski definition) is 4. The van der Waals surface area contributed by atoms with Crippen LogP contribution in [0.1, 0.15) is 17.8 Å². The summed E-state index contributed by atoms with van der Waals surface area (Å²) in [6, 6.07) is 8.58. The van der Waals surface area contributed by atoms with Crippen molar-refractivity contribution < 1.29 is 9.53 Å². The zero-order chi connectivity index (χ0) is 14.5. The third-order valence-corrected chi connectivity index (χ3v) is 4.77. The molecule has 1 aromatic carbocycles. The molecule has 0 aliphatic rings. The quantitative estimate of drug-likeness (QED) is 0.758. The minimum absolute atomic E-state index is 0.300. The van der Waals surface area contributed by atoms with Gasteiger partial charge in [0, 0.05) is 15.2 Å². The maximum Gasteiger partial charge on any atom is 0.334 e. The average molecular weight is 375 g/mol. The maximum absolute atomic E-state index is 12.1. The van der Waals surface area contributed by atoms with E-state index in [2.05, 4.69) is 21.2 Å². The number of nitrogens with one attached hydrogen (secondary N) is 1. The Bertz CT molecular complexity index is 585. The molecule has 0 radical (unpaired) electrons. The molecule has 3 nitrogen and oxygen atoms in total. The van der Waals surface area contributed by atoms with Crippen molar-refractivity contribution >= 4 is 50.5 Å². The van der Waals surface area contributed by atoms with E-state index in [4.69, 9.17) is 16.3 Å². The maximum atomic E-state index is 12.1. The molecule has 0 aliphatic heterocycles. The molecule has 1 N–H and O–H groups in total. The molecule has 0 saturated heterocycles. The summed E-state index contributed by atoms with van der Waals surface area (Å²) in [7, 11) is 0. The highest BCUT2D eigenvalue weighted by Gasteiger charge is 2.25. The van der Waals surface area contributed by atoms with E-state index in [9.17, 15) is 4.79 Å². The van der Waals surface area contributed by atoms with Crippen LogP contribution in [0.5, 0.6) is 0 Å². The van der Waals surface area contributed by atoms with Gasteiger partial charge in [0.2, 0.25) is 0 Å². The van der Waals surface area contributed by atoms with Crippen molar-refractivity contribution in [2.75, 3.05) is 11.9 Å². The van der Waals surface area contributed by atoms with Crippen molar-refractivity contribution in [1.82, 2.24) is 0 Å². The van der Waals surface area contributed by atoms with Gasteiger partial charge in [-0.1, -0.05) is 11.6 Å². The molecule has 0 amide bonds. The van der Waals surface area contributed by atoms with Crippen LogP contribution >= 0.6 is 38.9 Å². The van der Waals surface area contributed by atoms with Gasteiger partial charge in [0.15, 0.2) is 6.04 Å². The van der Waals surface area contributed by atoms with Gasteiger partial charge >= 0.3 is 5.97 Å². The Morgan fingerprint density at radius 2 is 2.10 bits per heavy atom. The summed E-state index contributed by atoms with van der Waals surface area (Å²) < 4.78 is 6.03. The van der Waals surface area contributed by atoms with E-state index in [1.54, 1.807) is 19.1 Å². The summed E-state index contributed by atoms with van der Waals surface area (Å²) in [5.41, 5.74) is 0.813. The van der Waals surface area contributed by atoms with Crippen LogP contribution in [0.3, 0.4) is 0 Å². The SMILES string of the molecule is CCOC(=O)C(Nc1ccc(Cl)cc1)c1sccc1Br. The van der Waals surface area contributed by atoms with Crippen LogP contribution in [0.25, 0.3) is 0 Å². The topological polar surface area (TPSA) is 38.3 Å². The van der Waals surface area contributed by atoms with Crippen LogP contribution < -0.4 is 5.32 Å². The Morgan fingerprint density at radius 1 is 1.40 bits per heavy atom. The Labute approximate surface area is 135 Å². The minimum atomic E-state index is -0.537. The number of carbonyl (C=O) groups is 1. The van der Waals surface area contributed by atoms with Gasteiger partial charge < -0.3 is 10.1 Å². The van der Waals surface area contributed by atoms with Crippen LogP contribution in [-0.2, 0) is 9.53 Å². The summed E-state index contributed by atoms with van der Waals surface area (Å²) in [5, 5.41) is 5.76. The lowest BCUT2D eigenvalue weighted by Gasteiger charge is -2.18. The summed E-state index contributed by atoms with van der Waals surface area (Å²) in [4.78, 5) is 13.0. The zero-order valence-electron chi connectivity index (χ0n) is 10.7. The Kier molecular flexibility index (Phi) is 5.46. The molecule has 1 aromatic heterocycles. The fraction of sp³-hybridized carbons (Fsp3) is 0.214. The van der Waals surface area contributed by atoms with E-state index in [0.29, 0.717) is 11.6 Å². The Hall–Kier alpha value is -1.04. The van der Waals surface area contributed by atoms with E-state index in [1.807, 2.05) is 23.6 Å². The molecule has 1 heterocycles. The highest BCUT2D eigenvalue weighted by Crippen LogP contribution is 2.32. The number of hydrogen-bond donors (Lipinski definition) is 1. The first-order chi connectivity index (χ1) is 9.61. The van der Waals surface area contributed by atoms with Crippen LogP contribution in [0.4, 0.5) is 5.69 Å². The van der Waals surface area contributed by atoms with Gasteiger partial charge in [-0.15, -0.1) is 11.3 Å². The van der Waals surface area contributed by atoms with Crippen molar-refractivity contribution in [3.8, 4) is 0 Å². The third-order valence-electron chi connectivity index (χ3n) is 2.58. The van der Waals surface area contributed by atoms with E-state index in [0.717, 1.165) is 15.0 Å². The van der Waals surface area contributed by atoms with Crippen LogP contribution in [0.15, 0.2) is 40.2 Å². The molecular formula is C14H13BrClNO2S. The molecule has 1 unspecified atom stereocenters. The molecule has 0 spiro atoms. The van der Waals surface area contributed by atoms with E-state index in [-0.39, 0.29) is 5.97 Å². The molecular weight excluding hydrogens is 362 g/mol.